The number of rotatable bonds is 8. The van der Waals surface area contributed by atoms with Crippen LogP contribution >= 0.6 is 0 Å². The summed E-state index contributed by atoms with van der Waals surface area (Å²) in [7, 11) is 0. The van der Waals surface area contributed by atoms with Gasteiger partial charge >= 0.3 is 5.97 Å². The van der Waals surface area contributed by atoms with Crippen molar-refractivity contribution in [3.63, 3.8) is 0 Å². The number of benzene rings is 1. The molecule has 3 aromatic rings. The Morgan fingerprint density at radius 3 is 2.48 bits per heavy atom. The number of ether oxygens (including phenoxy) is 1. The first-order valence-electron chi connectivity index (χ1n) is 11.1. The molecule has 8 heteroatoms. The highest BCUT2D eigenvalue weighted by molar-refractivity contribution is 5.87. The molecule has 3 N–H and O–H groups in total. The first kappa shape index (κ1) is 21.1. The fourth-order valence-electron chi connectivity index (χ4n) is 4.46. The van der Waals surface area contributed by atoms with Gasteiger partial charge in [0.1, 0.15) is 6.10 Å². The van der Waals surface area contributed by atoms with E-state index in [1.807, 2.05) is 0 Å². The Bertz CT molecular complexity index is 998. The molecule has 0 atom stereocenters. The predicted octanol–water partition coefficient (Wildman–Crippen LogP) is 4.90. The molecule has 0 saturated heterocycles. The molecule has 0 bridgehead atoms. The van der Waals surface area contributed by atoms with Crippen LogP contribution in [-0.2, 0) is 0 Å². The summed E-state index contributed by atoms with van der Waals surface area (Å²) in [5.41, 5.74) is 4.56. The van der Waals surface area contributed by atoms with Gasteiger partial charge in [-0.2, -0.15) is 5.10 Å². The number of nitrogens with zero attached hydrogens (tertiary/aromatic N) is 3. The molecule has 0 unspecified atom stereocenters. The number of aromatic amines is 2. The predicted molar refractivity (Wildman–Crippen MR) is 116 cm³/mol. The van der Waals surface area contributed by atoms with Crippen LogP contribution in [0.25, 0.3) is 11.3 Å². The van der Waals surface area contributed by atoms with E-state index in [9.17, 15) is 4.79 Å². The Morgan fingerprint density at radius 2 is 1.84 bits per heavy atom. The Hall–Kier alpha value is -3.16. The lowest BCUT2D eigenvalue weighted by atomic mass is 9.82. The lowest BCUT2D eigenvalue weighted by Crippen LogP contribution is -2.24. The highest BCUT2D eigenvalue weighted by Crippen LogP contribution is 2.35. The fourth-order valence-corrected chi connectivity index (χ4v) is 4.46. The van der Waals surface area contributed by atoms with Gasteiger partial charge in [0.05, 0.1) is 5.69 Å². The van der Waals surface area contributed by atoms with Crippen LogP contribution < -0.4 is 4.74 Å². The lowest BCUT2D eigenvalue weighted by Gasteiger charge is -2.28. The summed E-state index contributed by atoms with van der Waals surface area (Å²) in [6.07, 6.45) is 5.88. The largest absolute Gasteiger partial charge is 0.476 e. The van der Waals surface area contributed by atoms with Crippen molar-refractivity contribution in [2.75, 3.05) is 0 Å². The van der Waals surface area contributed by atoms with E-state index < -0.39 is 5.97 Å². The quantitative estimate of drug-likeness (QED) is 0.474. The summed E-state index contributed by atoms with van der Waals surface area (Å²) >= 11 is 0. The minimum atomic E-state index is -1.11. The maximum absolute atomic E-state index is 11.2. The van der Waals surface area contributed by atoms with Crippen molar-refractivity contribution in [3.8, 4) is 17.1 Å². The maximum Gasteiger partial charge on any atom is 0.359 e. The molecule has 4 rings (SSSR count). The van der Waals surface area contributed by atoms with Crippen LogP contribution in [0, 0.1) is 0 Å². The molecule has 0 amide bonds. The first-order chi connectivity index (χ1) is 15.1. The van der Waals surface area contributed by atoms with Crippen LogP contribution in [0.2, 0.25) is 0 Å². The Kier molecular flexibility index (Phi) is 6.34. The molecule has 0 spiro atoms. The minimum absolute atomic E-state index is 0.0359. The van der Waals surface area contributed by atoms with Crippen molar-refractivity contribution in [3.05, 3.63) is 47.3 Å². The topological polar surface area (TPSA) is 117 Å². The average molecular weight is 424 g/mol. The van der Waals surface area contributed by atoms with Crippen LogP contribution in [0.5, 0.6) is 5.88 Å². The lowest BCUT2D eigenvalue weighted by molar-refractivity contribution is 0.0678. The Morgan fingerprint density at radius 1 is 1.13 bits per heavy atom. The average Bonchev–Trinajstić information content (AvgIpc) is 3.46. The van der Waals surface area contributed by atoms with Gasteiger partial charge < -0.3 is 9.84 Å². The molecule has 1 aliphatic rings. The van der Waals surface area contributed by atoms with Crippen molar-refractivity contribution in [2.24, 2.45) is 0 Å². The second-order valence-electron chi connectivity index (χ2n) is 8.23. The molecule has 1 aromatic carbocycles. The van der Waals surface area contributed by atoms with Crippen LogP contribution in [0.1, 0.15) is 86.0 Å². The van der Waals surface area contributed by atoms with E-state index in [4.69, 9.17) is 9.84 Å². The number of hydrogen-bond donors (Lipinski definition) is 3. The number of aromatic carboxylic acids is 1. The van der Waals surface area contributed by atoms with Crippen LogP contribution in [-0.4, -0.2) is 42.8 Å². The van der Waals surface area contributed by atoms with Gasteiger partial charge in [0.25, 0.3) is 5.88 Å². The number of carboxylic acid groups (broad SMARTS) is 1. The molecule has 1 fully saturated rings. The van der Waals surface area contributed by atoms with Gasteiger partial charge in [-0.1, -0.05) is 48.4 Å². The number of hydrogen-bond acceptors (Lipinski definition) is 5. The van der Waals surface area contributed by atoms with Crippen LogP contribution in [0.3, 0.4) is 0 Å². The van der Waals surface area contributed by atoms with E-state index in [-0.39, 0.29) is 17.7 Å². The van der Waals surface area contributed by atoms with E-state index in [1.165, 1.54) is 11.3 Å². The number of nitrogens with one attached hydrogen (secondary N) is 2. The second-order valence-corrected chi connectivity index (χ2v) is 8.23. The summed E-state index contributed by atoms with van der Waals surface area (Å²) in [4.78, 5) is 11.2. The van der Waals surface area contributed by atoms with Gasteiger partial charge in [-0.3, -0.25) is 5.10 Å². The second kappa shape index (κ2) is 9.32. The van der Waals surface area contributed by atoms with E-state index in [2.05, 4.69) is 69.8 Å². The minimum Gasteiger partial charge on any atom is -0.476 e. The van der Waals surface area contributed by atoms with Gasteiger partial charge in [-0.25, -0.2) is 9.89 Å². The first-order valence-corrected chi connectivity index (χ1v) is 11.1. The Balaban J connectivity index is 1.35. The standard InChI is InChI=1S/C23H29N5O3/c1-3-14(4-2)19-13-20(25-24-19)17-7-5-15(6-8-17)16-9-11-18(12-10-16)31-22-21(23(29)30)26-28-27-22/h5-8,13-14,16,18H,3-4,9-12H2,1-2H3,(H,24,25)(H,29,30)(H,26,27,28). The summed E-state index contributed by atoms with van der Waals surface area (Å²) in [5, 5.41) is 26.5. The zero-order chi connectivity index (χ0) is 21.8. The van der Waals surface area contributed by atoms with Crippen molar-refractivity contribution >= 4 is 5.97 Å². The Labute approximate surface area is 181 Å². The molecule has 1 saturated carbocycles. The van der Waals surface area contributed by atoms with E-state index in [0.29, 0.717) is 11.8 Å². The van der Waals surface area contributed by atoms with Crippen LogP contribution in [0.15, 0.2) is 30.3 Å². The molecule has 31 heavy (non-hydrogen) atoms. The van der Waals surface area contributed by atoms with Gasteiger partial charge in [-0.05, 0) is 56.1 Å². The number of carboxylic acids is 1. The SMILES string of the molecule is CCC(CC)c1cc(-c2ccc(C3CCC(Oc4nn[nH]c4C(=O)O)CC3)cc2)n[nH]1. The summed E-state index contributed by atoms with van der Waals surface area (Å²) < 4.78 is 5.79. The highest BCUT2D eigenvalue weighted by atomic mass is 16.5. The summed E-state index contributed by atoms with van der Waals surface area (Å²) in [5.74, 6) is -0.0315. The zero-order valence-electron chi connectivity index (χ0n) is 18.0. The maximum atomic E-state index is 11.2. The molecule has 2 aromatic heterocycles. The van der Waals surface area contributed by atoms with Crippen molar-refractivity contribution in [1.82, 2.24) is 25.6 Å². The fraction of sp³-hybridized carbons (Fsp3) is 0.478. The normalized spacial score (nSPS) is 18.9. The third kappa shape index (κ3) is 4.62. The number of aromatic nitrogens is 5. The van der Waals surface area contributed by atoms with Crippen molar-refractivity contribution < 1.29 is 14.6 Å². The highest BCUT2D eigenvalue weighted by Gasteiger charge is 2.26. The van der Waals surface area contributed by atoms with Crippen molar-refractivity contribution in [2.45, 2.75) is 70.3 Å². The molecule has 164 valence electrons. The molecule has 0 radical (unpaired) electrons. The molecule has 8 nitrogen and oxygen atoms in total. The molecular formula is C23H29N5O3. The zero-order valence-corrected chi connectivity index (χ0v) is 18.0. The van der Waals surface area contributed by atoms with Crippen LogP contribution in [0.4, 0.5) is 0 Å². The number of H-pyrrole nitrogens is 2. The van der Waals surface area contributed by atoms with E-state index >= 15 is 0 Å². The summed E-state index contributed by atoms with van der Waals surface area (Å²) in [6.45, 7) is 4.42. The third-order valence-electron chi connectivity index (χ3n) is 6.38. The van der Waals surface area contributed by atoms with Gasteiger partial charge in [-0.15, -0.1) is 0 Å². The van der Waals surface area contributed by atoms with E-state index in [0.717, 1.165) is 49.8 Å². The van der Waals surface area contributed by atoms with Crippen molar-refractivity contribution in [1.29, 1.82) is 0 Å². The number of carbonyl (C=O) groups is 1. The third-order valence-corrected chi connectivity index (χ3v) is 6.38. The van der Waals surface area contributed by atoms with Gasteiger partial charge in [0.2, 0.25) is 5.69 Å². The monoisotopic (exact) mass is 423 g/mol. The smallest absolute Gasteiger partial charge is 0.359 e. The molecular weight excluding hydrogens is 394 g/mol. The summed E-state index contributed by atoms with van der Waals surface area (Å²) in [6, 6.07) is 10.9. The van der Waals surface area contributed by atoms with Gasteiger partial charge in [0, 0.05) is 17.2 Å². The van der Waals surface area contributed by atoms with E-state index in [1.54, 1.807) is 0 Å². The molecule has 2 heterocycles. The molecule has 1 aliphatic carbocycles. The molecule has 0 aliphatic heterocycles. The van der Waals surface area contributed by atoms with Gasteiger partial charge in [0.15, 0.2) is 0 Å².